The van der Waals surface area contributed by atoms with Crippen LogP contribution in [0.2, 0.25) is 0 Å². The number of fused-ring (bicyclic) bond motifs is 1. The quantitative estimate of drug-likeness (QED) is 0.785. The van der Waals surface area contributed by atoms with E-state index in [-0.39, 0.29) is 24.2 Å². The van der Waals surface area contributed by atoms with E-state index < -0.39 is 0 Å². The minimum Gasteiger partial charge on any atom is -0.441 e. The summed E-state index contributed by atoms with van der Waals surface area (Å²) in [4.78, 5) is 30.8. The molecule has 1 saturated heterocycles. The molecule has 6 heteroatoms. The highest BCUT2D eigenvalue weighted by Gasteiger charge is 2.34. The Bertz CT molecular complexity index is 965. The normalized spacial score (nSPS) is 17.0. The summed E-state index contributed by atoms with van der Waals surface area (Å²) in [7, 11) is 0. The first-order valence-corrected chi connectivity index (χ1v) is 8.58. The number of amides is 2. The lowest BCUT2D eigenvalue weighted by atomic mass is 10.1. The molecular formula is C20H19N3O3. The number of hydrogen-bond acceptors (Lipinski definition) is 4. The molecule has 132 valence electrons. The first-order valence-electron chi connectivity index (χ1n) is 8.58. The Morgan fingerprint density at radius 3 is 2.88 bits per heavy atom. The van der Waals surface area contributed by atoms with Gasteiger partial charge in [0.15, 0.2) is 11.5 Å². The highest BCUT2D eigenvalue weighted by atomic mass is 16.3. The van der Waals surface area contributed by atoms with Gasteiger partial charge in [-0.25, -0.2) is 4.98 Å². The number of anilines is 1. The number of rotatable bonds is 4. The standard InChI is InChI=1S/C20H19N3O3/c1-13-21-17-10-16(7-8-18(17)26-13)22-20(25)15-9-19(24)23(12-15)11-14-5-3-2-4-6-14/h2-8,10,15H,9,11-12H2,1H3,(H,22,25). The first kappa shape index (κ1) is 16.3. The van der Waals surface area contributed by atoms with E-state index in [0.717, 1.165) is 5.56 Å². The minimum absolute atomic E-state index is 0.0107. The van der Waals surface area contributed by atoms with Gasteiger partial charge in [-0.1, -0.05) is 30.3 Å². The molecule has 3 aromatic rings. The van der Waals surface area contributed by atoms with Gasteiger partial charge in [0.25, 0.3) is 0 Å². The van der Waals surface area contributed by atoms with Gasteiger partial charge >= 0.3 is 0 Å². The number of carbonyl (C=O) groups excluding carboxylic acids is 2. The SMILES string of the molecule is Cc1nc2cc(NC(=O)C3CC(=O)N(Cc4ccccc4)C3)ccc2o1. The Labute approximate surface area is 150 Å². The van der Waals surface area contributed by atoms with Crippen molar-refractivity contribution in [2.75, 3.05) is 11.9 Å². The maximum Gasteiger partial charge on any atom is 0.229 e. The van der Waals surface area contributed by atoms with Crippen LogP contribution in [-0.4, -0.2) is 28.2 Å². The van der Waals surface area contributed by atoms with Crippen LogP contribution in [0.1, 0.15) is 17.9 Å². The Kier molecular flexibility index (Phi) is 4.16. The monoisotopic (exact) mass is 349 g/mol. The highest BCUT2D eigenvalue weighted by Crippen LogP contribution is 2.24. The van der Waals surface area contributed by atoms with Gasteiger partial charge in [0.2, 0.25) is 11.8 Å². The number of hydrogen-bond donors (Lipinski definition) is 1. The Morgan fingerprint density at radius 1 is 1.27 bits per heavy atom. The summed E-state index contributed by atoms with van der Waals surface area (Å²) in [5.74, 6) is 0.104. The molecule has 6 nitrogen and oxygen atoms in total. The van der Waals surface area contributed by atoms with Crippen molar-refractivity contribution < 1.29 is 14.0 Å². The van der Waals surface area contributed by atoms with E-state index >= 15 is 0 Å². The van der Waals surface area contributed by atoms with Gasteiger partial charge in [0.05, 0.1) is 5.92 Å². The molecule has 1 aliphatic rings. The van der Waals surface area contributed by atoms with Gasteiger partial charge in [-0.3, -0.25) is 9.59 Å². The number of nitrogens with zero attached hydrogens (tertiary/aromatic N) is 2. The molecule has 26 heavy (non-hydrogen) atoms. The lowest BCUT2D eigenvalue weighted by Crippen LogP contribution is -2.28. The fourth-order valence-corrected chi connectivity index (χ4v) is 3.27. The average molecular weight is 349 g/mol. The molecule has 2 aromatic carbocycles. The van der Waals surface area contributed by atoms with Gasteiger partial charge in [-0.2, -0.15) is 0 Å². The number of oxazole rings is 1. The Hall–Kier alpha value is -3.15. The van der Waals surface area contributed by atoms with Crippen molar-refractivity contribution in [1.29, 1.82) is 0 Å². The third kappa shape index (κ3) is 3.31. The number of aryl methyl sites for hydroxylation is 1. The van der Waals surface area contributed by atoms with Gasteiger partial charge in [-0.15, -0.1) is 0 Å². The van der Waals surface area contributed by atoms with Crippen LogP contribution in [0.15, 0.2) is 52.9 Å². The van der Waals surface area contributed by atoms with Crippen LogP contribution in [-0.2, 0) is 16.1 Å². The fourth-order valence-electron chi connectivity index (χ4n) is 3.27. The van der Waals surface area contributed by atoms with Crippen molar-refractivity contribution in [3.05, 3.63) is 60.0 Å². The second kappa shape index (κ2) is 6.63. The molecule has 0 saturated carbocycles. The summed E-state index contributed by atoms with van der Waals surface area (Å²) < 4.78 is 5.44. The molecule has 1 atom stereocenters. The van der Waals surface area contributed by atoms with Crippen molar-refractivity contribution in [3.8, 4) is 0 Å². The molecule has 0 bridgehead atoms. The summed E-state index contributed by atoms with van der Waals surface area (Å²) >= 11 is 0. The van der Waals surface area contributed by atoms with Gasteiger partial charge in [0, 0.05) is 32.1 Å². The molecule has 1 aliphatic heterocycles. The predicted octanol–water partition coefficient (Wildman–Crippen LogP) is 3.12. The summed E-state index contributed by atoms with van der Waals surface area (Å²) in [6.07, 6.45) is 0.240. The predicted molar refractivity (Wildman–Crippen MR) is 97.3 cm³/mol. The number of aromatic nitrogens is 1. The number of likely N-dealkylation sites (tertiary alicyclic amines) is 1. The van der Waals surface area contributed by atoms with Gasteiger partial charge < -0.3 is 14.6 Å². The molecule has 0 spiro atoms. The molecule has 2 amide bonds. The Balaban J connectivity index is 1.42. The van der Waals surface area contributed by atoms with Crippen LogP contribution in [0.25, 0.3) is 11.1 Å². The van der Waals surface area contributed by atoms with E-state index in [4.69, 9.17) is 4.42 Å². The molecular weight excluding hydrogens is 330 g/mol. The maximum atomic E-state index is 12.6. The summed E-state index contributed by atoms with van der Waals surface area (Å²) in [6.45, 7) is 2.75. The smallest absolute Gasteiger partial charge is 0.229 e. The van der Waals surface area contributed by atoms with Crippen LogP contribution in [0.4, 0.5) is 5.69 Å². The van der Waals surface area contributed by atoms with E-state index in [9.17, 15) is 9.59 Å². The number of carbonyl (C=O) groups is 2. The molecule has 1 unspecified atom stereocenters. The number of benzene rings is 2. The van der Waals surface area contributed by atoms with E-state index in [0.29, 0.717) is 35.8 Å². The van der Waals surface area contributed by atoms with E-state index in [1.807, 2.05) is 30.3 Å². The van der Waals surface area contributed by atoms with E-state index in [1.54, 1.807) is 30.0 Å². The second-order valence-electron chi connectivity index (χ2n) is 6.57. The summed E-state index contributed by atoms with van der Waals surface area (Å²) in [6, 6.07) is 15.1. The zero-order valence-electron chi connectivity index (χ0n) is 14.4. The zero-order valence-corrected chi connectivity index (χ0v) is 14.4. The highest BCUT2D eigenvalue weighted by molar-refractivity contribution is 5.98. The van der Waals surface area contributed by atoms with Crippen molar-refractivity contribution in [3.63, 3.8) is 0 Å². The van der Waals surface area contributed by atoms with E-state index in [1.165, 1.54) is 0 Å². The van der Waals surface area contributed by atoms with Crippen LogP contribution in [0.5, 0.6) is 0 Å². The largest absolute Gasteiger partial charge is 0.441 e. The van der Waals surface area contributed by atoms with Crippen LogP contribution in [0.3, 0.4) is 0 Å². The number of nitrogens with one attached hydrogen (secondary N) is 1. The molecule has 0 radical (unpaired) electrons. The second-order valence-corrected chi connectivity index (χ2v) is 6.57. The summed E-state index contributed by atoms with van der Waals surface area (Å²) in [5, 5.41) is 2.89. The molecule has 0 aliphatic carbocycles. The lowest BCUT2D eigenvalue weighted by molar-refractivity contribution is -0.128. The van der Waals surface area contributed by atoms with Gasteiger partial charge in [0.1, 0.15) is 5.52 Å². The third-order valence-electron chi connectivity index (χ3n) is 4.56. The van der Waals surface area contributed by atoms with Crippen LogP contribution < -0.4 is 5.32 Å². The minimum atomic E-state index is -0.346. The zero-order chi connectivity index (χ0) is 18.1. The van der Waals surface area contributed by atoms with Crippen molar-refractivity contribution in [2.24, 2.45) is 5.92 Å². The fraction of sp³-hybridized carbons (Fsp3) is 0.250. The van der Waals surface area contributed by atoms with Crippen molar-refractivity contribution in [1.82, 2.24) is 9.88 Å². The van der Waals surface area contributed by atoms with Crippen molar-refractivity contribution in [2.45, 2.75) is 19.9 Å². The Morgan fingerprint density at radius 2 is 2.08 bits per heavy atom. The third-order valence-corrected chi connectivity index (χ3v) is 4.56. The lowest BCUT2D eigenvalue weighted by Gasteiger charge is -2.16. The average Bonchev–Trinajstić information content (AvgIpc) is 3.17. The van der Waals surface area contributed by atoms with Crippen LogP contribution in [0, 0.1) is 12.8 Å². The molecule has 1 fully saturated rings. The molecule has 1 aromatic heterocycles. The first-order chi connectivity index (χ1) is 12.6. The van der Waals surface area contributed by atoms with Crippen molar-refractivity contribution >= 4 is 28.6 Å². The molecule has 1 N–H and O–H groups in total. The topological polar surface area (TPSA) is 75.4 Å². The maximum absolute atomic E-state index is 12.6. The van der Waals surface area contributed by atoms with E-state index in [2.05, 4.69) is 10.3 Å². The summed E-state index contributed by atoms with van der Waals surface area (Å²) in [5.41, 5.74) is 3.11. The van der Waals surface area contributed by atoms with Gasteiger partial charge in [-0.05, 0) is 23.8 Å². The molecule has 4 rings (SSSR count). The van der Waals surface area contributed by atoms with Crippen LogP contribution >= 0.6 is 0 Å². The molecule has 2 heterocycles.